The van der Waals surface area contributed by atoms with Gasteiger partial charge in [-0.1, -0.05) is 30.0 Å². The Hall–Kier alpha value is -2.39. The van der Waals surface area contributed by atoms with E-state index in [0.29, 0.717) is 17.5 Å². The van der Waals surface area contributed by atoms with E-state index in [0.717, 1.165) is 21.4 Å². The molecule has 0 aliphatic rings. The molecule has 0 unspecified atom stereocenters. The first-order chi connectivity index (χ1) is 13.1. The monoisotopic (exact) mass is 447 g/mol. The van der Waals surface area contributed by atoms with E-state index in [-0.39, 0.29) is 11.7 Å². The third-order valence-corrected chi connectivity index (χ3v) is 5.14. The van der Waals surface area contributed by atoms with Crippen LogP contribution in [0.4, 0.5) is 5.69 Å². The van der Waals surface area contributed by atoms with Crippen LogP contribution in [-0.4, -0.2) is 38.5 Å². The zero-order chi connectivity index (χ0) is 19.2. The van der Waals surface area contributed by atoms with Crippen LogP contribution in [0.25, 0.3) is 5.69 Å². The van der Waals surface area contributed by atoms with Crippen molar-refractivity contribution in [2.75, 3.05) is 17.7 Å². The summed E-state index contributed by atoms with van der Waals surface area (Å²) in [6, 6.07) is 13.3. The highest BCUT2D eigenvalue weighted by Crippen LogP contribution is 2.27. The largest absolute Gasteiger partial charge is 0.492 e. The molecule has 0 spiro atoms. The van der Waals surface area contributed by atoms with Crippen LogP contribution in [0.1, 0.15) is 12.5 Å². The maximum Gasteiger partial charge on any atom is 0.234 e. The molecule has 0 aliphatic carbocycles. The highest BCUT2D eigenvalue weighted by molar-refractivity contribution is 9.10. The number of hydrogen-bond donors (Lipinski definition) is 1. The summed E-state index contributed by atoms with van der Waals surface area (Å²) >= 11 is 4.71. The number of hydrogen-bond acceptors (Lipinski definition) is 6. The van der Waals surface area contributed by atoms with Gasteiger partial charge >= 0.3 is 0 Å². The molecule has 9 heteroatoms. The number of amides is 1. The summed E-state index contributed by atoms with van der Waals surface area (Å²) < 4.78 is 8.05. The first kappa shape index (κ1) is 19.4. The summed E-state index contributed by atoms with van der Waals surface area (Å²) in [5.41, 5.74) is 2.57. The standard InChI is InChI=1S/C18H18BrN5O2S/c1-3-26-16-7-5-4-6-15(16)24-18(21-22-23-24)27-11-17(25)20-14-9-8-12(2)10-13(14)19/h4-10H,3,11H2,1-2H3,(H,20,25). The number of carbonyl (C=O) groups is 1. The molecular weight excluding hydrogens is 430 g/mol. The fourth-order valence-electron chi connectivity index (χ4n) is 2.37. The SMILES string of the molecule is CCOc1ccccc1-n1nnnc1SCC(=O)Nc1ccc(C)cc1Br. The van der Waals surface area contributed by atoms with Gasteiger partial charge in [-0.25, -0.2) is 0 Å². The maximum atomic E-state index is 12.3. The van der Waals surface area contributed by atoms with Gasteiger partial charge in [0, 0.05) is 4.47 Å². The Morgan fingerprint density at radius 2 is 2.11 bits per heavy atom. The number of halogens is 1. The van der Waals surface area contributed by atoms with E-state index < -0.39 is 0 Å². The quantitative estimate of drug-likeness (QED) is 0.553. The summed E-state index contributed by atoms with van der Waals surface area (Å²) in [7, 11) is 0. The van der Waals surface area contributed by atoms with E-state index in [1.807, 2.05) is 56.3 Å². The molecule has 0 radical (unpaired) electrons. The van der Waals surface area contributed by atoms with Crippen LogP contribution in [0.5, 0.6) is 5.75 Å². The minimum absolute atomic E-state index is 0.141. The van der Waals surface area contributed by atoms with Crippen LogP contribution >= 0.6 is 27.7 Å². The summed E-state index contributed by atoms with van der Waals surface area (Å²) in [6.45, 7) is 4.45. The average molecular weight is 448 g/mol. The number of aromatic nitrogens is 4. The zero-order valence-electron chi connectivity index (χ0n) is 14.8. The van der Waals surface area contributed by atoms with Gasteiger partial charge in [0.25, 0.3) is 0 Å². The van der Waals surface area contributed by atoms with Gasteiger partial charge in [0.05, 0.1) is 18.0 Å². The number of thioether (sulfide) groups is 1. The normalized spacial score (nSPS) is 10.6. The van der Waals surface area contributed by atoms with Crippen molar-refractivity contribution in [3.63, 3.8) is 0 Å². The van der Waals surface area contributed by atoms with Crippen molar-refractivity contribution in [3.8, 4) is 11.4 Å². The summed E-state index contributed by atoms with van der Waals surface area (Å²) in [4.78, 5) is 12.3. The van der Waals surface area contributed by atoms with Crippen molar-refractivity contribution in [3.05, 3.63) is 52.5 Å². The second kappa shape index (κ2) is 9.01. The molecule has 3 rings (SSSR count). The Labute approximate surface area is 169 Å². The van der Waals surface area contributed by atoms with Gasteiger partial charge in [0.15, 0.2) is 0 Å². The lowest BCUT2D eigenvalue weighted by Gasteiger charge is -2.11. The minimum atomic E-state index is -0.141. The second-order valence-corrected chi connectivity index (χ2v) is 7.39. The molecule has 7 nitrogen and oxygen atoms in total. The lowest BCUT2D eigenvalue weighted by molar-refractivity contribution is -0.113. The fourth-order valence-corrected chi connectivity index (χ4v) is 3.64. The number of para-hydroxylation sites is 2. The van der Waals surface area contributed by atoms with Gasteiger partial charge < -0.3 is 10.1 Å². The van der Waals surface area contributed by atoms with Crippen LogP contribution in [0.3, 0.4) is 0 Å². The average Bonchev–Trinajstić information content (AvgIpc) is 3.11. The first-order valence-corrected chi connectivity index (χ1v) is 10.1. The van der Waals surface area contributed by atoms with Gasteiger partial charge in [0.1, 0.15) is 11.4 Å². The molecular formula is C18H18BrN5O2S. The van der Waals surface area contributed by atoms with E-state index >= 15 is 0 Å². The number of carbonyl (C=O) groups excluding carboxylic acids is 1. The lowest BCUT2D eigenvalue weighted by Crippen LogP contribution is -2.15. The van der Waals surface area contributed by atoms with Crippen molar-refractivity contribution in [1.82, 2.24) is 20.2 Å². The smallest absolute Gasteiger partial charge is 0.234 e. The maximum absolute atomic E-state index is 12.3. The molecule has 1 aromatic heterocycles. The van der Waals surface area contributed by atoms with Crippen LogP contribution in [0, 0.1) is 6.92 Å². The van der Waals surface area contributed by atoms with Gasteiger partial charge in [0.2, 0.25) is 11.1 Å². The van der Waals surface area contributed by atoms with Gasteiger partial charge in [-0.15, -0.1) is 5.10 Å². The van der Waals surface area contributed by atoms with E-state index in [9.17, 15) is 4.79 Å². The van der Waals surface area contributed by atoms with Crippen molar-refractivity contribution in [2.45, 2.75) is 19.0 Å². The number of anilines is 1. The molecule has 0 saturated heterocycles. The van der Waals surface area contributed by atoms with E-state index in [1.54, 1.807) is 4.68 Å². The Kier molecular flexibility index (Phi) is 6.46. The molecule has 0 bridgehead atoms. The molecule has 2 aromatic carbocycles. The van der Waals surface area contributed by atoms with Crippen LogP contribution in [0.15, 0.2) is 52.1 Å². The Bertz CT molecular complexity index is 947. The Morgan fingerprint density at radius 1 is 1.30 bits per heavy atom. The summed E-state index contributed by atoms with van der Waals surface area (Å²) in [5.74, 6) is 0.719. The molecule has 0 saturated carbocycles. The highest BCUT2D eigenvalue weighted by atomic mass is 79.9. The molecule has 1 heterocycles. The number of nitrogens with zero attached hydrogens (tertiary/aromatic N) is 4. The third-order valence-electron chi connectivity index (χ3n) is 3.57. The fraction of sp³-hybridized carbons (Fsp3) is 0.222. The predicted octanol–water partition coefficient (Wildman–Crippen LogP) is 3.86. The second-order valence-electron chi connectivity index (χ2n) is 5.59. The summed E-state index contributed by atoms with van der Waals surface area (Å²) in [5, 5.41) is 15.2. The molecule has 3 aromatic rings. The highest BCUT2D eigenvalue weighted by Gasteiger charge is 2.15. The van der Waals surface area contributed by atoms with E-state index in [4.69, 9.17) is 4.74 Å². The molecule has 0 fully saturated rings. The number of ether oxygens (including phenoxy) is 1. The summed E-state index contributed by atoms with van der Waals surface area (Å²) in [6.07, 6.45) is 0. The molecule has 0 aliphatic heterocycles. The number of rotatable bonds is 7. The van der Waals surface area contributed by atoms with Crippen LogP contribution < -0.4 is 10.1 Å². The Balaban J connectivity index is 1.69. The molecule has 27 heavy (non-hydrogen) atoms. The van der Waals surface area contributed by atoms with Gasteiger partial charge in [-0.05, 0) is 70.0 Å². The Morgan fingerprint density at radius 3 is 2.89 bits per heavy atom. The number of nitrogens with one attached hydrogen (secondary N) is 1. The van der Waals surface area contributed by atoms with Crippen molar-refractivity contribution >= 4 is 39.3 Å². The molecule has 0 atom stereocenters. The van der Waals surface area contributed by atoms with E-state index in [1.165, 1.54) is 11.8 Å². The lowest BCUT2D eigenvalue weighted by atomic mass is 10.2. The number of tetrazole rings is 1. The van der Waals surface area contributed by atoms with Crippen molar-refractivity contribution in [1.29, 1.82) is 0 Å². The minimum Gasteiger partial charge on any atom is -0.492 e. The molecule has 1 N–H and O–H groups in total. The van der Waals surface area contributed by atoms with Gasteiger partial charge in [-0.3, -0.25) is 4.79 Å². The van der Waals surface area contributed by atoms with E-state index in [2.05, 4.69) is 36.8 Å². The zero-order valence-corrected chi connectivity index (χ0v) is 17.2. The first-order valence-electron chi connectivity index (χ1n) is 8.28. The number of benzene rings is 2. The van der Waals surface area contributed by atoms with Gasteiger partial charge in [-0.2, -0.15) is 4.68 Å². The topological polar surface area (TPSA) is 81.9 Å². The molecule has 1 amide bonds. The van der Waals surface area contributed by atoms with Crippen LogP contribution in [0.2, 0.25) is 0 Å². The number of aryl methyl sites for hydroxylation is 1. The van der Waals surface area contributed by atoms with Crippen molar-refractivity contribution < 1.29 is 9.53 Å². The predicted molar refractivity (Wildman–Crippen MR) is 109 cm³/mol. The van der Waals surface area contributed by atoms with Crippen molar-refractivity contribution in [2.24, 2.45) is 0 Å². The third kappa shape index (κ3) is 4.86. The van der Waals surface area contributed by atoms with Crippen LogP contribution in [-0.2, 0) is 4.79 Å². The molecule has 140 valence electrons.